The summed E-state index contributed by atoms with van der Waals surface area (Å²) in [7, 11) is -3.12. The summed E-state index contributed by atoms with van der Waals surface area (Å²) in [6.45, 7) is 3.44. The molecule has 1 saturated heterocycles. The highest BCUT2D eigenvalue weighted by molar-refractivity contribution is 7.89. The van der Waals surface area contributed by atoms with E-state index in [0.717, 1.165) is 12.8 Å². The first-order chi connectivity index (χ1) is 9.53. The minimum atomic E-state index is -3.12. The van der Waals surface area contributed by atoms with Crippen molar-refractivity contribution in [3.05, 3.63) is 0 Å². The average Bonchev–Trinajstić information content (AvgIpc) is 2.48. The molecule has 20 heavy (non-hydrogen) atoms. The Morgan fingerprint density at radius 2 is 1.70 bits per heavy atom. The van der Waals surface area contributed by atoms with Crippen molar-refractivity contribution in [3.8, 4) is 0 Å². The summed E-state index contributed by atoms with van der Waals surface area (Å²) in [4.78, 5) is 13.9. The number of nitrogens with zero attached hydrogens (tertiary/aromatic N) is 2. The molecule has 0 radical (unpaired) electrons. The average molecular weight is 303 g/mol. The Balaban J connectivity index is 1.79. The molecular weight excluding hydrogens is 278 g/mol. The number of piperazine rings is 1. The number of carbonyl (C=O) groups excluding carboxylic acids is 1. The number of nitrogens with one attached hydrogen (secondary N) is 1. The number of rotatable bonds is 3. The zero-order valence-corrected chi connectivity index (χ0v) is 13.0. The van der Waals surface area contributed by atoms with E-state index in [4.69, 9.17) is 0 Å². The van der Waals surface area contributed by atoms with Gasteiger partial charge in [-0.3, -0.25) is 0 Å². The predicted molar refractivity (Wildman–Crippen MR) is 78.0 cm³/mol. The monoisotopic (exact) mass is 303 g/mol. The maximum atomic E-state index is 12.1. The first kappa shape index (κ1) is 15.6. The highest BCUT2D eigenvalue weighted by Crippen LogP contribution is 2.18. The fourth-order valence-electron chi connectivity index (χ4n) is 2.86. The standard InChI is InChI=1S/C13H25N3O3S/c1-2-20(18,19)16-10-8-15(9-11-16)13(17)14-12-6-4-3-5-7-12/h12H,2-11H2,1H3,(H,14,17). The first-order valence-electron chi connectivity index (χ1n) is 7.56. The van der Waals surface area contributed by atoms with Crippen LogP contribution in [0.25, 0.3) is 0 Å². The van der Waals surface area contributed by atoms with Gasteiger partial charge in [0.15, 0.2) is 0 Å². The van der Waals surface area contributed by atoms with Gasteiger partial charge in [-0.1, -0.05) is 19.3 Å². The smallest absolute Gasteiger partial charge is 0.317 e. The molecule has 2 rings (SSSR count). The van der Waals surface area contributed by atoms with Crippen LogP contribution in [-0.4, -0.2) is 61.6 Å². The number of urea groups is 1. The van der Waals surface area contributed by atoms with Gasteiger partial charge in [0.05, 0.1) is 5.75 Å². The second kappa shape index (κ2) is 6.76. The lowest BCUT2D eigenvalue weighted by Crippen LogP contribution is -2.54. The van der Waals surface area contributed by atoms with Crippen LogP contribution in [0.3, 0.4) is 0 Å². The minimum absolute atomic E-state index is 0.0366. The van der Waals surface area contributed by atoms with Gasteiger partial charge in [-0.25, -0.2) is 13.2 Å². The van der Waals surface area contributed by atoms with Gasteiger partial charge in [0.2, 0.25) is 10.0 Å². The Morgan fingerprint density at radius 3 is 2.25 bits per heavy atom. The molecule has 0 spiro atoms. The topological polar surface area (TPSA) is 69.7 Å². The van der Waals surface area contributed by atoms with Crippen molar-refractivity contribution in [3.63, 3.8) is 0 Å². The van der Waals surface area contributed by atoms with E-state index in [0.29, 0.717) is 32.2 Å². The number of sulfonamides is 1. The number of hydrogen-bond donors (Lipinski definition) is 1. The van der Waals surface area contributed by atoms with Gasteiger partial charge >= 0.3 is 6.03 Å². The molecule has 2 aliphatic rings. The van der Waals surface area contributed by atoms with Gasteiger partial charge in [-0.2, -0.15) is 4.31 Å². The van der Waals surface area contributed by atoms with E-state index in [1.54, 1.807) is 11.8 Å². The minimum Gasteiger partial charge on any atom is -0.335 e. The van der Waals surface area contributed by atoms with Crippen LogP contribution in [0.15, 0.2) is 0 Å². The molecule has 1 saturated carbocycles. The zero-order valence-electron chi connectivity index (χ0n) is 12.2. The van der Waals surface area contributed by atoms with Crippen molar-refractivity contribution >= 4 is 16.1 Å². The normalized spacial score (nSPS) is 22.8. The summed E-state index contributed by atoms with van der Waals surface area (Å²) in [6.07, 6.45) is 5.77. The number of hydrogen-bond acceptors (Lipinski definition) is 3. The Kier molecular flexibility index (Phi) is 5.26. The van der Waals surface area contributed by atoms with Gasteiger partial charge < -0.3 is 10.2 Å². The molecule has 2 fully saturated rings. The molecule has 7 heteroatoms. The van der Waals surface area contributed by atoms with E-state index >= 15 is 0 Å². The van der Waals surface area contributed by atoms with Crippen LogP contribution < -0.4 is 5.32 Å². The fourth-order valence-corrected chi connectivity index (χ4v) is 3.95. The van der Waals surface area contributed by atoms with Crippen molar-refractivity contribution in [1.29, 1.82) is 0 Å². The summed E-state index contributed by atoms with van der Waals surface area (Å²) < 4.78 is 25.0. The van der Waals surface area contributed by atoms with Crippen LogP contribution in [-0.2, 0) is 10.0 Å². The molecule has 0 bridgehead atoms. The molecule has 0 aromatic heterocycles. The van der Waals surface area contributed by atoms with Crippen LogP contribution in [0, 0.1) is 0 Å². The second-order valence-corrected chi connectivity index (χ2v) is 7.83. The third-order valence-corrected chi connectivity index (χ3v) is 6.10. The molecule has 116 valence electrons. The quantitative estimate of drug-likeness (QED) is 0.845. The predicted octanol–water partition coefficient (Wildman–Crippen LogP) is 0.996. The van der Waals surface area contributed by atoms with Gasteiger partial charge in [0, 0.05) is 32.2 Å². The zero-order chi connectivity index (χ0) is 14.6. The third-order valence-electron chi connectivity index (χ3n) is 4.22. The van der Waals surface area contributed by atoms with E-state index < -0.39 is 10.0 Å². The molecular formula is C13H25N3O3S. The van der Waals surface area contributed by atoms with Gasteiger partial charge in [0.25, 0.3) is 0 Å². The fraction of sp³-hybridized carbons (Fsp3) is 0.923. The van der Waals surface area contributed by atoms with Crippen LogP contribution >= 0.6 is 0 Å². The molecule has 0 aromatic rings. The lowest BCUT2D eigenvalue weighted by atomic mass is 9.96. The van der Waals surface area contributed by atoms with Crippen LogP contribution in [0.5, 0.6) is 0 Å². The molecule has 2 amide bonds. The van der Waals surface area contributed by atoms with Crippen LogP contribution in [0.1, 0.15) is 39.0 Å². The van der Waals surface area contributed by atoms with Gasteiger partial charge in [-0.05, 0) is 19.8 Å². The molecule has 6 nitrogen and oxygen atoms in total. The second-order valence-electron chi connectivity index (χ2n) is 5.57. The molecule has 1 N–H and O–H groups in total. The summed E-state index contributed by atoms with van der Waals surface area (Å²) >= 11 is 0. The molecule has 0 atom stereocenters. The summed E-state index contributed by atoms with van der Waals surface area (Å²) in [6, 6.07) is 0.263. The Labute approximate surface area is 121 Å². The highest BCUT2D eigenvalue weighted by Gasteiger charge is 2.28. The molecule has 0 aromatic carbocycles. The van der Waals surface area contributed by atoms with Crippen molar-refractivity contribution in [2.75, 3.05) is 31.9 Å². The van der Waals surface area contributed by atoms with E-state index in [-0.39, 0.29) is 11.8 Å². The molecule has 1 heterocycles. The highest BCUT2D eigenvalue weighted by atomic mass is 32.2. The maximum Gasteiger partial charge on any atom is 0.317 e. The van der Waals surface area contributed by atoms with Crippen molar-refractivity contribution in [1.82, 2.24) is 14.5 Å². The maximum absolute atomic E-state index is 12.1. The van der Waals surface area contributed by atoms with Crippen LogP contribution in [0.2, 0.25) is 0 Å². The summed E-state index contributed by atoms with van der Waals surface area (Å²) in [5, 5.41) is 3.08. The number of carbonyl (C=O) groups is 1. The molecule has 1 aliphatic heterocycles. The largest absolute Gasteiger partial charge is 0.335 e. The van der Waals surface area contributed by atoms with Gasteiger partial charge in [-0.15, -0.1) is 0 Å². The van der Waals surface area contributed by atoms with Crippen molar-refractivity contribution in [2.45, 2.75) is 45.1 Å². The van der Waals surface area contributed by atoms with Crippen molar-refractivity contribution in [2.24, 2.45) is 0 Å². The Bertz CT molecular complexity index is 424. The number of amides is 2. The Morgan fingerprint density at radius 1 is 1.10 bits per heavy atom. The van der Waals surface area contributed by atoms with E-state index in [2.05, 4.69) is 5.32 Å². The van der Waals surface area contributed by atoms with Crippen LogP contribution in [0.4, 0.5) is 4.79 Å². The summed E-state index contributed by atoms with van der Waals surface area (Å²) in [5.41, 5.74) is 0. The third kappa shape index (κ3) is 3.85. The lowest BCUT2D eigenvalue weighted by Gasteiger charge is -2.35. The van der Waals surface area contributed by atoms with Crippen molar-refractivity contribution < 1.29 is 13.2 Å². The lowest BCUT2D eigenvalue weighted by molar-refractivity contribution is 0.166. The van der Waals surface area contributed by atoms with E-state index in [1.165, 1.54) is 23.6 Å². The Hall–Kier alpha value is -0.820. The van der Waals surface area contributed by atoms with Gasteiger partial charge in [0.1, 0.15) is 0 Å². The molecule has 0 unspecified atom stereocenters. The molecule has 1 aliphatic carbocycles. The first-order valence-corrected chi connectivity index (χ1v) is 9.17. The SMILES string of the molecule is CCS(=O)(=O)N1CCN(C(=O)NC2CCCCC2)CC1. The summed E-state index contributed by atoms with van der Waals surface area (Å²) in [5.74, 6) is 0.126. The van der Waals surface area contributed by atoms with E-state index in [1.807, 2.05) is 0 Å². The van der Waals surface area contributed by atoms with E-state index in [9.17, 15) is 13.2 Å².